The predicted molar refractivity (Wildman–Crippen MR) is 91.4 cm³/mol. The second-order valence-corrected chi connectivity index (χ2v) is 5.52. The first-order chi connectivity index (χ1) is 12.6. The van der Waals surface area contributed by atoms with Crippen LogP contribution in [0.15, 0.2) is 72.5 Å². The van der Waals surface area contributed by atoms with E-state index in [1.807, 2.05) is 0 Å². The van der Waals surface area contributed by atoms with E-state index in [1.54, 1.807) is 60.7 Å². The van der Waals surface area contributed by atoms with E-state index >= 15 is 0 Å². The van der Waals surface area contributed by atoms with Gasteiger partial charge in [-0.15, -0.1) is 0 Å². The van der Waals surface area contributed by atoms with Crippen LogP contribution in [-0.4, -0.2) is 37.0 Å². The van der Waals surface area contributed by atoms with Gasteiger partial charge in [-0.1, -0.05) is 36.4 Å². The van der Waals surface area contributed by atoms with Crippen molar-refractivity contribution in [2.24, 2.45) is 0 Å². The van der Waals surface area contributed by atoms with E-state index < -0.39 is 23.8 Å². The second-order valence-electron chi connectivity index (χ2n) is 5.52. The van der Waals surface area contributed by atoms with Gasteiger partial charge in [-0.3, -0.25) is 4.79 Å². The van der Waals surface area contributed by atoms with E-state index in [9.17, 15) is 14.4 Å². The topological polar surface area (TPSA) is 78.9 Å². The summed E-state index contributed by atoms with van der Waals surface area (Å²) in [6, 6.07) is 16.9. The number of hydrogen-bond donors (Lipinski definition) is 0. The molecule has 0 saturated heterocycles. The molecule has 1 heterocycles. The molecule has 0 amide bonds. The zero-order valence-electron chi connectivity index (χ0n) is 13.8. The van der Waals surface area contributed by atoms with Gasteiger partial charge in [-0.05, 0) is 30.3 Å². The number of ketones is 1. The average Bonchev–Trinajstić information content (AvgIpc) is 2.69. The zero-order chi connectivity index (χ0) is 18.4. The maximum absolute atomic E-state index is 12.1. The quantitative estimate of drug-likeness (QED) is 0.770. The highest BCUT2D eigenvalue weighted by Crippen LogP contribution is 2.15. The molecule has 2 aromatic carbocycles. The first-order valence-corrected chi connectivity index (χ1v) is 7.99. The Morgan fingerprint density at radius 2 is 1.50 bits per heavy atom. The monoisotopic (exact) mass is 352 g/mol. The maximum atomic E-state index is 12.1. The molecule has 0 spiro atoms. The molecule has 1 aliphatic heterocycles. The van der Waals surface area contributed by atoms with E-state index in [1.165, 1.54) is 6.08 Å². The first kappa shape index (κ1) is 17.6. The van der Waals surface area contributed by atoms with E-state index in [4.69, 9.17) is 14.2 Å². The summed E-state index contributed by atoms with van der Waals surface area (Å²) in [5.41, 5.74) is 0.749. The molecule has 1 atom stereocenters. The van der Waals surface area contributed by atoms with Gasteiger partial charge in [0.15, 0.2) is 5.76 Å². The summed E-state index contributed by atoms with van der Waals surface area (Å²) < 4.78 is 15.6. The van der Waals surface area contributed by atoms with Gasteiger partial charge in [0.05, 0.1) is 11.1 Å². The van der Waals surface area contributed by atoms with Crippen LogP contribution in [0.5, 0.6) is 0 Å². The van der Waals surface area contributed by atoms with E-state index in [2.05, 4.69) is 0 Å². The van der Waals surface area contributed by atoms with Crippen LogP contribution in [0.2, 0.25) is 0 Å². The van der Waals surface area contributed by atoms with Gasteiger partial charge in [0, 0.05) is 0 Å². The normalized spacial score (nSPS) is 16.5. The molecular formula is C20H16O6. The fourth-order valence-corrected chi connectivity index (χ4v) is 2.30. The Balaban J connectivity index is 1.61. The molecule has 2 aromatic rings. The van der Waals surface area contributed by atoms with Gasteiger partial charge in [-0.2, -0.15) is 0 Å². The van der Waals surface area contributed by atoms with Gasteiger partial charge in [-0.25, -0.2) is 9.59 Å². The number of Topliss-reactive ketones (excluding diaryl/α,β-unsaturated/α-hetero) is 1. The van der Waals surface area contributed by atoms with Crippen LogP contribution in [0.1, 0.15) is 20.7 Å². The van der Waals surface area contributed by atoms with Crippen molar-refractivity contribution in [3.8, 4) is 0 Å². The van der Waals surface area contributed by atoms with Crippen LogP contribution in [0.4, 0.5) is 0 Å². The summed E-state index contributed by atoms with van der Waals surface area (Å²) in [5.74, 6) is -1.68. The lowest BCUT2D eigenvalue weighted by Gasteiger charge is -2.20. The SMILES string of the molecule is O=C1CO[C@@H](COC(=O)c2ccccc2)C=C1OC(=O)c1ccccc1. The third-order valence-electron chi connectivity index (χ3n) is 3.64. The summed E-state index contributed by atoms with van der Waals surface area (Å²) >= 11 is 0. The first-order valence-electron chi connectivity index (χ1n) is 7.99. The number of carbonyl (C=O) groups excluding carboxylic acids is 3. The number of ether oxygens (including phenoxy) is 3. The van der Waals surface area contributed by atoms with Crippen LogP contribution in [0.25, 0.3) is 0 Å². The lowest BCUT2D eigenvalue weighted by Crippen LogP contribution is -2.31. The van der Waals surface area contributed by atoms with Crippen molar-refractivity contribution in [2.75, 3.05) is 13.2 Å². The Hall–Kier alpha value is -3.25. The van der Waals surface area contributed by atoms with E-state index in [-0.39, 0.29) is 19.0 Å². The van der Waals surface area contributed by atoms with Crippen LogP contribution in [-0.2, 0) is 19.0 Å². The number of carbonyl (C=O) groups is 3. The minimum absolute atomic E-state index is 0.0899. The maximum Gasteiger partial charge on any atom is 0.343 e. The molecule has 6 nitrogen and oxygen atoms in total. The summed E-state index contributed by atoms with van der Waals surface area (Å²) in [6.45, 7) is -0.338. The molecule has 6 heteroatoms. The van der Waals surface area contributed by atoms with Crippen molar-refractivity contribution in [1.29, 1.82) is 0 Å². The molecule has 0 unspecified atom stereocenters. The van der Waals surface area contributed by atoms with Crippen molar-refractivity contribution < 1.29 is 28.6 Å². The van der Waals surface area contributed by atoms with Crippen molar-refractivity contribution in [3.63, 3.8) is 0 Å². The minimum Gasteiger partial charge on any atom is -0.459 e. The van der Waals surface area contributed by atoms with Gasteiger partial charge >= 0.3 is 11.9 Å². The lowest BCUT2D eigenvalue weighted by atomic mass is 10.2. The second kappa shape index (κ2) is 8.22. The molecule has 132 valence electrons. The molecule has 26 heavy (non-hydrogen) atoms. The van der Waals surface area contributed by atoms with Gasteiger partial charge in [0.25, 0.3) is 0 Å². The largest absolute Gasteiger partial charge is 0.459 e. The predicted octanol–water partition coefficient (Wildman–Crippen LogP) is 2.55. The Labute approximate surface area is 150 Å². The van der Waals surface area contributed by atoms with E-state index in [0.29, 0.717) is 11.1 Å². The Bertz CT molecular complexity index is 826. The number of rotatable bonds is 5. The Kier molecular flexibility index (Phi) is 5.56. The molecule has 0 saturated carbocycles. The van der Waals surface area contributed by atoms with Crippen molar-refractivity contribution in [2.45, 2.75) is 6.10 Å². The smallest absolute Gasteiger partial charge is 0.343 e. The fourth-order valence-electron chi connectivity index (χ4n) is 2.30. The van der Waals surface area contributed by atoms with Crippen molar-refractivity contribution in [3.05, 3.63) is 83.6 Å². The standard InChI is InChI=1S/C20H16O6/c21-17-13-24-16(12-25-19(22)14-7-3-1-4-8-14)11-18(17)26-20(23)15-9-5-2-6-10-15/h1-11,16H,12-13H2/t16-/m1/s1. The summed E-state index contributed by atoms with van der Waals surface area (Å²) in [5, 5.41) is 0. The summed E-state index contributed by atoms with van der Waals surface area (Å²) in [4.78, 5) is 35.9. The molecule has 0 fully saturated rings. The highest BCUT2D eigenvalue weighted by atomic mass is 16.6. The van der Waals surface area contributed by atoms with Crippen LogP contribution in [0, 0.1) is 0 Å². The van der Waals surface area contributed by atoms with Crippen LogP contribution < -0.4 is 0 Å². The van der Waals surface area contributed by atoms with Crippen molar-refractivity contribution >= 4 is 17.7 Å². The molecule has 0 aliphatic carbocycles. The summed E-state index contributed by atoms with van der Waals surface area (Å²) in [7, 11) is 0. The average molecular weight is 352 g/mol. The summed E-state index contributed by atoms with van der Waals surface area (Å²) in [6.07, 6.45) is 0.684. The van der Waals surface area contributed by atoms with Crippen molar-refractivity contribution in [1.82, 2.24) is 0 Å². The zero-order valence-corrected chi connectivity index (χ0v) is 13.8. The van der Waals surface area contributed by atoms with Crippen LogP contribution >= 0.6 is 0 Å². The number of benzene rings is 2. The van der Waals surface area contributed by atoms with Gasteiger partial charge in [0.1, 0.15) is 19.3 Å². The molecule has 1 aliphatic rings. The molecule has 0 radical (unpaired) electrons. The Morgan fingerprint density at radius 3 is 2.12 bits per heavy atom. The molecule has 3 rings (SSSR count). The number of hydrogen-bond acceptors (Lipinski definition) is 6. The van der Waals surface area contributed by atoms with Gasteiger partial charge < -0.3 is 14.2 Å². The van der Waals surface area contributed by atoms with E-state index in [0.717, 1.165) is 0 Å². The Morgan fingerprint density at radius 1 is 0.923 bits per heavy atom. The molecule has 0 bridgehead atoms. The molecule has 0 N–H and O–H groups in total. The highest BCUT2D eigenvalue weighted by molar-refractivity contribution is 6.00. The number of esters is 2. The lowest BCUT2D eigenvalue weighted by molar-refractivity contribution is -0.126. The molecule has 0 aromatic heterocycles. The highest BCUT2D eigenvalue weighted by Gasteiger charge is 2.26. The van der Waals surface area contributed by atoms with Gasteiger partial charge in [0.2, 0.25) is 5.78 Å². The third kappa shape index (κ3) is 4.43. The van der Waals surface area contributed by atoms with Crippen LogP contribution in [0.3, 0.4) is 0 Å². The minimum atomic E-state index is -0.668. The third-order valence-corrected chi connectivity index (χ3v) is 3.64. The fraction of sp³-hybridized carbons (Fsp3) is 0.150. The molecular weight excluding hydrogens is 336 g/mol.